The van der Waals surface area contributed by atoms with Crippen LogP contribution in [0.3, 0.4) is 0 Å². The van der Waals surface area contributed by atoms with E-state index in [1.807, 2.05) is 28.8 Å². The van der Waals surface area contributed by atoms with E-state index in [1.54, 1.807) is 0 Å². The Balaban J connectivity index is 2.37. The van der Waals surface area contributed by atoms with Crippen molar-refractivity contribution >= 4 is 11.0 Å². The zero-order valence-electron chi connectivity index (χ0n) is 11.6. The molecular formula is C15H21N3O. The second kappa shape index (κ2) is 6.48. The molecule has 0 aliphatic rings. The minimum absolute atomic E-state index is 0.0299. The molecule has 4 nitrogen and oxygen atoms in total. The lowest BCUT2D eigenvalue weighted by atomic mass is 10.1. The zero-order chi connectivity index (χ0) is 13.7. The van der Waals surface area contributed by atoms with Gasteiger partial charge < -0.3 is 9.88 Å². The third kappa shape index (κ3) is 3.20. The Hall–Kier alpha value is -1.68. The average Bonchev–Trinajstić information content (AvgIpc) is 2.42. The summed E-state index contributed by atoms with van der Waals surface area (Å²) in [4.78, 5) is 16.2. The molecule has 0 saturated carbocycles. The van der Waals surface area contributed by atoms with E-state index in [1.165, 1.54) is 6.20 Å². The highest BCUT2D eigenvalue weighted by Gasteiger charge is 2.10. The summed E-state index contributed by atoms with van der Waals surface area (Å²) in [6.45, 7) is 5.87. The largest absolute Gasteiger partial charge is 0.312 e. The van der Waals surface area contributed by atoms with Crippen molar-refractivity contribution in [2.24, 2.45) is 0 Å². The van der Waals surface area contributed by atoms with Crippen molar-refractivity contribution in [3.05, 3.63) is 40.8 Å². The van der Waals surface area contributed by atoms with Gasteiger partial charge in [0.25, 0.3) is 5.56 Å². The smallest absolute Gasteiger partial charge is 0.269 e. The molecule has 1 atom stereocenters. The number of rotatable bonds is 6. The number of hydrogen-bond donors (Lipinski definition) is 1. The van der Waals surface area contributed by atoms with Crippen LogP contribution in [-0.2, 0) is 6.54 Å². The summed E-state index contributed by atoms with van der Waals surface area (Å²) in [5.41, 5.74) is 1.75. The lowest BCUT2D eigenvalue weighted by molar-refractivity contribution is 0.429. The van der Waals surface area contributed by atoms with Crippen molar-refractivity contribution in [3.63, 3.8) is 0 Å². The summed E-state index contributed by atoms with van der Waals surface area (Å²) in [5, 5.41) is 3.44. The van der Waals surface area contributed by atoms with Gasteiger partial charge in [0.05, 0.1) is 17.2 Å². The Kier molecular flexibility index (Phi) is 4.68. The molecule has 1 unspecified atom stereocenters. The topological polar surface area (TPSA) is 46.9 Å². The van der Waals surface area contributed by atoms with Crippen LogP contribution < -0.4 is 10.9 Å². The number of nitrogens with zero attached hydrogens (tertiary/aromatic N) is 2. The molecule has 0 fully saturated rings. The molecule has 19 heavy (non-hydrogen) atoms. The molecule has 0 aliphatic carbocycles. The molecule has 1 aromatic carbocycles. The SMILES string of the molecule is CCCC(Cn1c(=O)cnc2ccccc21)NCC. The molecule has 4 heteroatoms. The van der Waals surface area contributed by atoms with Crippen LogP contribution in [0.25, 0.3) is 11.0 Å². The highest BCUT2D eigenvalue weighted by atomic mass is 16.1. The Morgan fingerprint density at radius 3 is 2.84 bits per heavy atom. The van der Waals surface area contributed by atoms with Gasteiger partial charge in [0.2, 0.25) is 0 Å². The van der Waals surface area contributed by atoms with Crippen LogP contribution in [0, 0.1) is 0 Å². The molecule has 0 amide bonds. The van der Waals surface area contributed by atoms with Crippen molar-refractivity contribution in [1.82, 2.24) is 14.9 Å². The minimum Gasteiger partial charge on any atom is -0.312 e. The molecule has 0 spiro atoms. The molecular weight excluding hydrogens is 238 g/mol. The van der Waals surface area contributed by atoms with Crippen LogP contribution in [0.4, 0.5) is 0 Å². The van der Waals surface area contributed by atoms with E-state index in [-0.39, 0.29) is 5.56 Å². The predicted molar refractivity (Wildman–Crippen MR) is 78.4 cm³/mol. The summed E-state index contributed by atoms with van der Waals surface area (Å²) in [5.74, 6) is 0. The second-order valence-corrected chi connectivity index (χ2v) is 4.74. The van der Waals surface area contributed by atoms with Gasteiger partial charge in [-0.25, -0.2) is 4.98 Å². The quantitative estimate of drug-likeness (QED) is 0.865. The molecule has 2 rings (SSSR count). The number of fused-ring (bicyclic) bond motifs is 1. The van der Waals surface area contributed by atoms with Gasteiger partial charge in [0.15, 0.2) is 0 Å². The summed E-state index contributed by atoms with van der Waals surface area (Å²) >= 11 is 0. The molecule has 1 aromatic heterocycles. The Morgan fingerprint density at radius 1 is 1.32 bits per heavy atom. The highest BCUT2D eigenvalue weighted by molar-refractivity contribution is 5.74. The van der Waals surface area contributed by atoms with Crippen molar-refractivity contribution in [2.75, 3.05) is 6.54 Å². The number of para-hydroxylation sites is 2. The zero-order valence-corrected chi connectivity index (χ0v) is 11.6. The monoisotopic (exact) mass is 259 g/mol. The Morgan fingerprint density at radius 2 is 2.11 bits per heavy atom. The first-order chi connectivity index (χ1) is 9.26. The molecule has 1 heterocycles. The fraction of sp³-hybridized carbons (Fsp3) is 0.467. The minimum atomic E-state index is -0.0299. The van der Waals surface area contributed by atoms with Gasteiger partial charge in [-0.3, -0.25) is 4.79 Å². The van der Waals surface area contributed by atoms with Gasteiger partial charge in [-0.1, -0.05) is 32.4 Å². The number of hydrogen-bond acceptors (Lipinski definition) is 3. The molecule has 2 aromatic rings. The van der Waals surface area contributed by atoms with E-state index in [0.717, 1.165) is 30.4 Å². The third-order valence-corrected chi connectivity index (χ3v) is 3.29. The van der Waals surface area contributed by atoms with E-state index in [0.29, 0.717) is 12.6 Å². The van der Waals surface area contributed by atoms with Crippen LogP contribution >= 0.6 is 0 Å². The van der Waals surface area contributed by atoms with E-state index in [4.69, 9.17) is 0 Å². The maximum absolute atomic E-state index is 12.0. The normalized spacial score (nSPS) is 12.7. The van der Waals surface area contributed by atoms with E-state index in [9.17, 15) is 4.79 Å². The van der Waals surface area contributed by atoms with Gasteiger partial charge in [-0.05, 0) is 25.1 Å². The van der Waals surface area contributed by atoms with Crippen LogP contribution in [0.1, 0.15) is 26.7 Å². The number of benzene rings is 1. The van der Waals surface area contributed by atoms with Gasteiger partial charge in [0.1, 0.15) is 0 Å². The maximum atomic E-state index is 12.0. The highest BCUT2D eigenvalue weighted by Crippen LogP contribution is 2.10. The summed E-state index contributed by atoms with van der Waals surface area (Å²) in [6.07, 6.45) is 3.59. The van der Waals surface area contributed by atoms with Gasteiger partial charge >= 0.3 is 0 Å². The van der Waals surface area contributed by atoms with Crippen LogP contribution in [-0.4, -0.2) is 22.1 Å². The molecule has 0 aliphatic heterocycles. The first-order valence-electron chi connectivity index (χ1n) is 6.94. The molecule has 1 N–H and O–H groups in total. The van der Waals surface area contributed by atoms with Crippen LogP contribution in [0.2, 0.25) is 0 Å². The second-order valence-electron chi connectivity index (χ2n) is 4.74. The summed E-state index contributed by atoms with van der Waals surface area (Å²) in [7, 11) is 0. The molecule has 0 radical (unpaired) electrons. The first-order valence-corrected chi connectivity index (χ1v) is 6.94. The number of nitrogens with one attached hydrogen (secondary N) is 1. The van der Waals surface area contributed by atoms with Gasteiger partial charge in [-0.2, -0.15) is 0 Å². The summed E-state index contributed by atoms with van der Waals surface area (Å²) < 4.78 is 1.82. The fourth-order valence-corrected chi connectivity index (χ4v) is 2.42. The molecule has 0 bridgehead atoms. The first kappa shape index (κ1) is 13.7. The van der Waals surface area contributed by atoms with E-state index in [2.05, 4.69) is 24.1 Å². The summed E-state index contributed by atoms with van der Waals surface area (Å²) in [6, 6.07) is 8.12. The Labute approximate surface area is 113 Å². The van der Waals surface area contributed by atoms with E-state index >= 15 is 0 Å². The number of likely N-dealkylation sites (N-methyl/N-ethyl adjacent to an activating group) is 1. The average molecular weight is 259 g/mol. The molecule has 102 valence electrons. The van der Waals surface area contributed by atoms with Crippen molar-refractivity contribution in [1.29, 1.82) is 0 Å². The van der Waals surface area contributed by atoms with Crippen LogP contribution in [0.5, 0.6) is 0 Å². The van der Waals surface area contributed by atoms with Gasteiger partial charge in [-0.15, -0.1) is 0 Å². The lowest BCUT2D eigenvalue weighted by Crippen LogP contribution is -2.36. The predicted octanol–water partition coefficient (Wildman–Crippen LogP) is 2.17. The van der Waals surface area contributed by atoms with Crippen molar-refractivity contribution in [3.8, 4) is 0 Å². The van der Waals surface area contributed by atoms with E-state index < -0.39 is 0 Å². The third-order valence-electron chi connectivity index (χ3n) is 3.29. The maximum Gasteiger partial charge on any atom is 0.269 e. The van der Waals surface area contributed by atoms with Crippen LogP contribution in [0.15, 0.2) is 35.3 Å². The van der Waals surface area contributed by atoms with Gasteiger partial charge in [0, 0.05) is 12.6 Å². The van der Waals surface area contributed by atoms with Crippen molar-refractivity contribution in [2.45, 2.75) is 39.3 Å². The molecule has 0 saturated heterocycles. The fourth-order valence-electron chi connectivity index (χ4n) is 2.42. The number of aromatic nitrogens is 2. The lowest BCUT2D eigenvalue weighted by Gasteiger charge is -2.19. The van der Waals surface area contributed by atoms with Crippen molar-refractivity contribution < 1.29 is 0 Å². The Bertz CT molecular complexity index is 585. The standard InChI is InChI=1S/C15H21N3O/c1-3-7-12(16-4-2)11-18-14-9-6-5-8-13(14)17-10-15(18)19/h5-6,8-10,12,16H,3-4,7,11H2,1-2H3.